The first-order valence-electron chi connectivity index (χ1n) is 3.57. The van der Waals surface area contributed by atoms with Crippen molar-refractivity contribution in [2.24, 2.45) is 0 Å². The summed E-state index contributed by atoms with van der Waals surface area (Å²) in [7, 11) is 0. The number of carbonyl (C=O) groups excluding carboxylic acids is 1. The standard InChI is InChI=1S/C7H9N3O2/c1-2-8-7(12)6-3-5(11)4-9-10-6/h3-4H,2H2,1H3,(H,8,12)(H,10,11). The second kappa shape index (κ2) is 3.66. The molecule has 0 radical (unpaired) electrons. The van der Waals surface area contributed by atoms with E-state index in [1.807, 2.05) is 0 Å². The highest BCUT2D eigenvalue weighted by Crippen LogP contribution is 1.85. The van der Waals surface area contributed by atoms with Crippen LogP contribution in [0, 0.1) is 0 Å². The molecule has 64 valence electrons. The van der Waals surface area contributed by atoms with Gasteiger partial charge in [-0.25, -0.2) is 0 Å². The van der Waals surface area contributed by atoms with Gasteiger partial charge in [0.1, 0.15) is 5.69 Å². The predicted octanol–water partition coefficient (Wildman–Crippen LogP) is -0.480. The Bertz CT molecular complexity index is 331. The molecule has 1 aromatic heterocycles. The maximum absolute atomic E-state index is 11.1. The number of nitrogens with zero attached hydrogens (tertiary/aromatic N) is 1. The predicted molar refractivity (Wildman–Crippen MR) is 42.9 cm³/mol. The van der Waals surface area contributed by atoms with Crippen LogP contribution < -0.4 is 10.7 Å². The fourth-order valence-corrected chi connectivity index (χ4v) is 0.749. The van der Waals surface area contributed by atoms with E-state index in [1.165, 1.54) is 6.07 Å². The molecule has 0 fully saturated rings. The summed E-state index contributed by atoms with van der Waals surface area (Å²) in [6.45, 7) is 2.32. The van der Waals surface area contributed by atoms with Crippen LogP contribution in [0.2, 0.25) is 0 Å². The molecule has 0 aliphatic heterocycles. The fraction of sp³-hybridized carbons (Fsp3) is 0.286. The van der Waals surface area contributed by atoms with Crippen LogP contribution in [0.5, 0.6) is 0 Å². The summed E-state index contributed by atoms with van der Waals surface area (Å²) in [5.74, 6) is -0.317. The van der Waals surface area contributed by atoms with Gasteiger partial charge < -0.3 is 5.32 Å². The minimum Gasteiger partial charge on any atom is -0.351 e. The maximum atomic E-state index is 11.1. The second-order valence-electron chi connectivity index (χ2n) is 2.19. The first-order valence-corrected chi connectivity index (χ1v) is 3.57. The molecule has 12 heavy (non-hydrogen) atoms. The largest absolute Gasteiger partial charge is 0.351 e. The third-order valence-electron chi connectivity index (χ3n) is 1.25. The molecule has 0 spiro atoms. The Kier molecular flexibility index (Phi) is 2.57. The van der Waals surface area contributed by atoms with Gasteiger partial charge >= 0.3 is 0 Å². The number of carbonyl (C=O) groups is 1. The Labute approximate surface area is 68.8 Å². The van der Waals surface area contributed by atoms with Crippen LogP contribution in [0.15, 0.2) is 17.1 Å². The molecular formula is C7H9N3O2. The lowest BCUT2D eigenvalue weighted by molar-refractivity contribution is 0.0949. The zero-order valence-corrected chi connectivity index (χ0v) is 6.63. The molecule has 0 saturated heterocycles. The van der Waals surface area contributed by atoms with Crippen LogP contribution in [0.25, 0.3) is 0 Å². The van der Waals surface area contributed by atoms with Crippen molar-refractivity contribution in [2.45, 2.75) is 6.92 Å². The highest BCUT2D eigenvalue weighted by molar-refractivity contribution is 5.91. The zero-order valence-electron chi connectivity index (χ0n) is 6.63. The monoisotopic (exact) mass is 167 g/mol. The molecule has 0 saturated carbocycles. The number of amides is 1. The van der Waals surface area contributed by atoms with Crippen molar-refractivity contribution >= 4 is 5.91 Å². The summed E-state index contributed by atoms with van der Waals surface area (Å²) >= 11 is 0. The van der Waals surface area contributed by atoms with Crippen molar-refractivity contribution in [3.63, 3.8) is 0 Å². The van der Waals surface area contributed by atoms with Gasteiger partial charge in [0.15, 0.2) is 0 Å². The van der Waals surface area contributed by atoms with E-state index in [2.05, 4.69) is 15.5 Å². The van der Waals surface area contributed by atoms with E-state index >= 15 is 0 Å². The summed E-state index contributed by atoms with van der Waals surface area (Å²) in [4.78, 5) is 21.8. The molecule has 5 nitrogen and oxygen atoms in total. The Hall–Kier alpha value is -1.65. The van der Waals surface area contributed by atoms with Crippen molar-refractivity contribution in [3.05, 3.63) is 28.2 Å². The van der Waals surface area contributed by atoms with Crippen LogP contribution in [-0.2, 0) is 0 Å². The van der Waals surface area contributed by atoms with Crippen molar-refractivity contribution in [3.8, 4) is 0 Å². The number of H-pyrrole nitrogens is 1. The summed E-state index contributed by atoms with van der Waals surface area (Å²) in [5.41, 5.74) is -0.0978. The van der Waals surface area contributed by atoms with Crippen LogP contribution in [0.3, 0.4) is 0 Å². The number of aromatic amines is 1. The molecule has 0 atom stereocenters. The van der Waals surface area contributed by atoms with Gasteiger partial charge in [0.25, 0.3) is 5.91 Å². The van der Waals surface area contributed by atoms with Crippen LogP contribution in [-0.4, -0.2) is 22.6 Å². The highest BCUT2D eigenvalue weighted by atomic mass is 16.2. The lowest BCUT2D eigenvalue weighted by Gasteiger charge is -1.99. The molecule has 1 heterocycles. The molecule has 1 rings (SSSR count). The van der Waals surface area contributed by atoms with Gasteiger partial charge in [0, 0.05) is 12.6 Å². The van der Waals surface area contributed by atoms with Gasteiger partial charge in [0.05, 0.1) is 6.20 Å². The van der Waals surface area contributed by atoms with Gasteiger partial charge in [-0.15, -0.1) is 0 Å². The number of hydrogen-bond donors (Lipinski definition) is 2. The van der Waals surface area contributed by atoms with E-state index in [4.69, 9.17) is 0 Å². The molecule has 1 aromatic rings. The topological polar surface area (TPSA) is 74.8 Å². The molecule has 1 amide bonds. The SMILES string of the molecule is CCNC(=O)c1cc(=O)cn[nH]1. The van der Waals surface area contributed by atoms with E-state index in [0.29, 0.717) is 6.54 Å². The maximum Gasteiger partial charge on any atom is 0.269 e. The number of nitrogens with one attached hydrogen (secondary N) is 2. The number of rotatable bonds is 2. The van der Waals surface area contributed by atoms with E-state index in [0.717, 1.165) is 6.20 Å². The number of aromatic nitrogens is 2. The Morgan fingerprint density at radius 3 is 3.08 bits per heavy atom. The minimum absolute atomic E-state index is 0.185. The van der Waals surface area contributed by atoms with Crippen molar-refractivity contribution < 1.29 is 4.79 Å². The zero-order chi connectivity index (χ0) is 8.97. The van der Waals surface area contributed by atoms with E-state index in [-0.39, 0.29) is 17.0 Å². The molecule has 0 bridgehead atoms. The van der Waals surface area contributed by atoms with Crippen molar-refractivity contribution in [1.29, 1.82) is 0 Å². The highest BCUT2D eigenvalue weighted by Gasteiger charge is 2.03. The fourth-order valence-electron chi connectivity index (χ4n) is 0.749. The van der Waals surface area contributed by atoms with E-state index in [1.54, 1.807) is 6.92 Å². The Balaban J connectivity index is 2.88. The van der Waals surface area contributed by atoms with E-state index in [9.17, 15) is 9.59 Å². The molecule has 2 N–H and O–H groups in total. The molecule has 5 heteroatoms. The molecule has 0 aliphatic carbocycles. The summed E-state index contributed by atoms with van der Waals surface area (Å²) in [5, 5.41) is 8.46. The molecular weight excluding hydrogens is 158 g/mol. The third-order valence-corrected chi connectivity index (χ3v) is 1.25. The Morgan fingerprint density at radius 1 is 1.75 bits per heavy atom. The van der Waals surface area contributed by atoms with Crippen molar-refractivity contribution in [1.82, 2.24) is 15.5 Å². The van der Waals surface area contributed by atoms with Gasteiger partial charge in [-0.3, -0.25) is 14.7 Å². The first kappa shape index (κ1) is 8.45. The van der Waals surface area contributed by atoms with Gasteiger partial charge in [-0.05, 0) is 6.92 Å². The van der Waals surface area contributed by atoms with Gasteiger partial charge in [-0.2, -0.15) is 5.10 Å². The van der Waals surface area contributed by atoms with Gasteiger partial charge in [-0.1, -0.05) is 0 Å². The van der Waals surface area contributed by atoms with Gasteiger partial charge in [0.2, 0.25) is 5.43 Å². The molecule has 0 aromatic carbocycles. The van der Waals surface area contributed by atoms with E-state index < -0.39 is 0 Å². The normalized spacial score (nSPS) is 9.42. The quantitative estimate of drug-likeness (QED) is 0.624. The minimum atomic E-state index is -0.317. The van der Waals surface area contributed by atoms with Crippen molar-refractivity contribution in [2.75, 3.05) is 6.54 Å². The smallest absolute Gasteiger partial charge is 0.269 e. The van der Waals surface area contributed by atoms with Crippen LogP contribution >= 0.6 is 0 Å². The lowest BCUT2D eigenvalue weighted by atomic mass is 10.3. The number of hydrogen-bond acceptors (Lipinski definition) is 3. The van der Waals surface area contributed by atoms with Crippen LogP contribution in [0.4, 0.5) is 0 Å². The molecule has 0 unspecified atom stereocenters. The summed E-state index contributed by atoms with van der Waals surface area (Å²) in [6.07, 6.45) is 1.11. The summed E-state index contributed by atoms with van der Waals surface area (Å²) in [6, 6.07) is 1.21. The summed E-state index contributed by atoms with van der Waals surface area (Å²) < 4.78 is 0. The average Bonchev–Trinajstić information content (AvgIpc) is 2.05. The first-order chi connectivity index (χ1) is 5.74. The second-order valence-corrected chi connectivity index (χ2v) is 2.19. The van der Waals surface area contributed by atoms with Crippen LogP contribution in [0.1, 0.15) is 17.4 Å². The lowest BCUT2D eigenvalue weighted by Crippen LogP contribution is -2.25. The third kappa shape index (κ3) is 1.91. The Morgan fingerprint density at radius 2 is 2.50 bits per heavy atom. The molecule has 0 aliphatic rings. The average molecular weight is 167 g/mol.